The molecule has 0 aromatic heterocycles. The molecule has 14 heavy (non-hydrogen) atoms. The number of nitrogens with one attached hydrogen (secondary N) is 1. The summed E-state index contributed by atoms with van der Waals surface area (Å²) in [7, 11) is 0. The minimum absolute atomic E-state index is 0.123. The molecule has 4 nitrogen and oxygen atoms in total. The average Bonchev–Trinajstić information content (AvgIpc) is 2.18. The molecule has 0 atom stereocenters. The first kappa shape index (κ1) is 10.6. The van der Waals surface area contributed by atoms with Gasteiger partial charge in [0.2, 0.25) is 11.8 Å². The van der Waals surface area contributed by atoms with E-state index in [0.717, 1.165) is 0 Å². The summed E-state index contributed by atoms with van der Waals surface area (Å²) in [6, 6.07) is 6.33. The van der Waals surface area contributed by atoms with Gasteiger partial charge in [-0.25, -0.2) is 0 Å². The Bertz CT molecular complexity index is 348. The number of rotatable bonds is 3. The van der Waals surface area contributed by atoms with Gasteiger partial charge in [-0.05, 0) is 24.3 Å². The molecule has 0 aliphatic carbocycles. The Labute approximate surface area is 86.9 Å². The fourth-order valence-corrected chi connectivity index (χ4v) is 0.997. The predicted octanol–water partition coefficient (Wildman–Crippen LogP) is 0.654. The zero-order valence-electron chi connectivity index (χ0n) is 7.36. The lowest BCUT2D eigenvalue weighted by Gasteiger charge is -2.03. The number of primary amides is 1. The molecule has 1 aromatic rings. The third-order valence-corrected chi connectivity index (χ3v) is 1.88. The number of hydrogen-bond acceptors (Lipinski definition) is 3. The van der Waals surface area contributed by atoms with Gasteiger partial charge in [-0.2, -0.15) is 12.6 Å². The zero-order chi connectivity index (χ0) is 10.6. The third kappa shape index (κ3) is 2.77. The van der Waals surface area contributed by atoms with Crippen LogP contribution in [0.5, 0.6) is 0 Å². The topological polar surface area (TPSA) is 72.2 Å². The van der Waals surface area contributed by atoms with Gasteiger partial charge < -0.3 is 11.1 Å². The van der Waals surface area contributed by atoms with Crippen LogP contribution in [0.1, 0.15) is 10.4 Å². The Kier molecular flexibility index (Phi) is 3.53. The molecule has 0 radical (unpaired) electrons. The molecule has 0 heterocycles. The maximum atomic E-state index is 10.9. The molecule has 0 unspecified atom stereocenters. The number of nitrogens with two attached hydrogens (primary N) is 1. The van der Waals surface area contributed by atoms with Crippen molar-refractivity contribution in [1.29, 1.82) is 0 Å². The fourth-order valence-electron chi connectivity index (χ4n) is 0.918. The smallest absolute Gasteiger partial charge is 0.248 e. The summed E-state index contributed by atoms with van der Waals surface area (Å²) in [5.41, 5.74) is 6.08. The minimum Gasteiger partial charge on any atom is -0.366 e. The lowest BCUT2D eigenvalue weighted by atomic mass is 10.2. The summed E-state index contributed by atoms with van der Waals surface area (Å²) in [6.45, 7) is 0. The fraction of sp³-hybridized carbons (Fsp3) is 0.111. The predicted molar refractivity (Wildman–Crippen MR) is 57.4 cm³/mol. The van der Waals surface area contributed by atoms with Crippen molar-refractivity contribution in [3.63, 3.8) is 0 Å². The van der Waals surface area contributed by atoms with Crippen LogP contribution in [0.4, 0.5) is 5.69 Å². The Morgan fingerprint density at radius 3 is 2.29 bits per heavy atom. The van der Waals surface area contributed by atoms with E-state index in [2.05, 4.69) is 17.9 Å². The summed E-state index contributed by atoms with van der Waals surface area (Å²) in [4.78, 5) is 21.6. The monoisotopic (exact) mass is 210 g/mol. The number of benzene rings is 1. The molecular weight excluding hydrogens is 200 g/mol. The maximum absolute atomic E-state index is 10.9. The Hall–Kier alpha value is -1.49. The molecule has 0 fully saturated rings. The minimum atomic E-state index is -0.489. The van der Waals surface area contributed by atoms with Gasteiger partial charge in [0.1, 0.15) is 0 Å². The molecule has 0 bridgehead atoms. The Balaban J connectivity index is 2.73. The van der Waals surface area contributed by atoms with E-state index in [0.29, 0.717) is 11.3 Å². The molecule has 1 aromatic carbocycles. The molecule has 1 rings (SSSR count). The highest BCUT2D eigenvalue weighted by Gasteiger charge is 2.01. The second-order valence-corrected chi connectivity index (χ2v) is 2.96. The SMILES string of the molecule is NC(=O)c1ccc(NC(=O)CS)cc1. The number of hydrogen-bond donors (Lipinski definition) is 3. The summed E-state index contributed by atoms with van der Waals surface area (Å²) in [5.74, 6) is -0.561. The number of carbonyl (C=O) groups is 2. The van der Waals surface area contributed by atoms with Crippen molar-refractivity contribution < 1.29 is 9.59 Å². The first-order valence-corrected chi connectivity index (χ1v) is 4.57. The lowest BCUT2D eigenvalue weighted by molar-refractivity contribution is -0.113. The van der Waals surface area contributed by atoms with Gasteiger partial charge in [-0.3, -0.25) is 9.59 Å². The first-order chi connectivity index (χ1) is 6.63. The van der Waals surface area contributed by atoms with Gasteiger partial charge in [0, 0.05) is 11.3 Å². The first-order valence-electron chi connectivity index (χ1n) is 3.94. The van der Waals surface area contributed by atoms with E-state index < -0.39 is 5.91 Å². The average molecular weight is 210 g/mol. The van der Waals surface area contributed by atoms with Gasteiger partial charge in [0.15, 0.2) is 0 Å². The van der Waals surface area contributed by atoms with Crippen molar-refractivity contribution in [2.75, 3.05) is 11.1 Å². The summed E-state index contributed by atoms with van der Waals surface area (Å²) in [5, 5.41) is 2.59. The Morgan fingerprint density at radius 1 is 1.29 bits per heavy atom. The largest absolute Gasteiger partial charge is 0.366 e. The van der Waals surface area contributed by atoms with Crippen LogP contribution in [0.25, 0.3) is 0 Å². The molecule has 0 aliphatic heterocycles. The molecule has 0 aliphatic rings. The van der Waals surface area contributed by atoms with Gasteiger partial charge in [-0.1, -0.05) is 0 Å². The lowest BCUT2D eigenvalue weighted by Crippen LogP contribution is -2.13. The molecular formula is C9H10N2O2S. The molecule has 3 N–H and O–H groups in total. The van der Waals surface area contributed by atoms with Crippen molar-refractivity contribution in [3.8, 4) is 0 Å². The summed E-state index contributed by atoms with van der Waals surface area (Å²) >= 11 is 3.81. The van der Waals surface area contributed by atoms with Crippen molar-refractivity contribution in [1.82, 2.24) is 0 Å². The maximum Gasteiger partial charge on any atom is 0.248 e. The van der Waals surface area contributed by atoms with Crippen LogP contribution in [-0.2, 0) is 4.79 Å². The van der Waals surface area contributed by atoms with Crippen LogP contribution < -0.4 is 11.1 Å². The van der Waals surface area contributed by atoms with Crippen LogP contribution in [0.15, 0.2) is 24.3 Å². The summed E-state index contributed by atoms with van der Waals surface area (Å²) < 4.78 is 0. The van der Waals surface area contributed by atoms with Crippen LogP contribution in [0.2, 0.25) is 0 Å². The number of carbonyl (C=O) groups excluding carboxylic acids is 2. The molecule has 74 valence electrons. The van der Waals surface area contributed by atoms with Gasteiger partial charge >= 0.3 is 0 Å². The molecule has 0 spiro atoms. The van der Waals surface area contributed by atoms with Gasteiger partial charge in [0.05, 0.1) is 5.75 Å². The molecule has 5 heteroatoms. The number of thiol groups is 1. The quantitative estimate of drug-likeness (QED) is 0.641. The van der Waals surface area contributed by atoms with Crippen LogP contribution in [0, 0.1) is 0 Å². The van der Waals surface area contributed by atoms with E-state index in [1.807, 2.05) is 0 Å². The van der Waals surface area contributed by atoms with E-state index >= 15 is 0 Å². The van der Waals surface area contributed by atoms with Crippen molar-refractivity contribution in [3.05, 3.63) is 29.8 Å². The van der Waals surface area contributed by atoms with E-state index in [-0.39, 0.29) is 11.7 Å². The highest BCUT2D eigenvalue weighted by Crippen LogP contribution is 2.08. The Morgan fingerprint density at radius 2 is 1.86 bits per heavy atom. The number of anilines is 1. The van der Waals surface area contributed by atoms with E-state index in [1.165, 1.54) is 0 Å². The van der Waals surface area contributed by atoms with Crippen molar-refractivity contribution in [2.24, 2.45) is 5.73 Å². The van der Waals surface area contributed by atoms with E-state index in [1.54, 1.807) is 24.3 Å². The third-order valence-electron chi connectivity index (χ3n) is 1.60. The van der Waals surface area contributed by atoms with Crippen molar-refractivity contribution >= 4 is 30.1 Å². The second kappa shape index (κ2) is 4.66. The van der Waals surface area contributed by atoms with E-state index in [9.17, 15) is 9.59 Å². The van der Waals surface area contributed by atoms with E-state index in [4.69, 9.17) is 5.73 Å². The second-order valence-electron chi connectivity index (χ2n) is 2.65. The normalized spacial score (nSPS) is 9.50. The van der Waals surface area contributed by atoms with Crippen molar-refractivity contribution in [2.45, 2.75) is 0 Å². The molecule has 2 amide bonds. The van der Waals surface area contributed by atoms with Gasteiger partial charge in [-0.15, -0.1) is 0 Å². The van der Waals surface area contributed by atoms with Crippen LogP contribution in [0.3, 0.4) is 0 Å². The standard InChI is InChI=1S/C9H10N2O2S/c10-9(13)6-1-3-7(4-2-6)11-8(12)5-14/h1-4,14H,5H2,(H2,10,13)(H,11,12). The molecule has 0 saturated heterocycles. The zero-order valence-corrected chi connectivity index (χ0v) is 8.25. The van der Waals surface area contributed by atoms with Crippen LogP contribution in [-0.4, -0.2) is 17.6 Å². The highest BCUT2D eigenvalue weighted by atomic mass is 32.1. The summed E-state index contributed by atoms with van der Waals surface area (Å²) in [6.07, 6.45) is 0. The highest BCUT2D eigenvalue weighted by molar-refractivity contribution is 7.81. The van der Waals surface area contributed by atoms with Gasteiger partial charge in [0.25, 0.3) is 0 Å². The molecule has 0 saturated carbocycles. The van der Waals surface area contributed by atoms with Crippen LogP contribution >= 0.6 is 12.6 Å². The number of amides is 2.